The molecule has 2 aromatic carbocycles. The van der Waals surface area contributed by atoms with Crippen LogP contribution >= 0.6 is 35.0 Å². The first-order valence-corrected chi connectivity index (χ1v) is 14.1. The van der Waals surface area contributed by atoms with E-state index in [1.165, 1.54) is 18.2 Å². The molecule has 5 nitrogen and oxygen atoms in total. The van der Waals surface area contributed by atoms with Crippen molar-refractivity contribution in [3.63, 3.8) is 0 Å². The summed E-state index contributed by atoms with van der Waals surface area (Å²) >= 11 is 14.0. The monoisotopic (exact) mass is 536 g/mol. The van der Waals surface area contributed by atoms with Gasteiger partial charge in [0.25, 0.3) is 0 Å². The van der Waals surface area contributed by atoms with Crippen molar-refractivity contribution < 1.29 is 14.3 Å². The Morgan fingerprint density at radius 1 is 1.11 bits per heavy atom. The number of hydrogen-bond acceptors (Lipinski definition) is 4. The summed E-state index contributed by atoms with van der Waals surface area (Å²) in [5.41, 5.74) is 1.88. The molecule has 0 heterocycles. The van der Waals surface area contributed by atoms with E-state index in [1.54, 1.807) is 24.1 Å². The molecule has 2 amide bonds. The summed E-state index contributed by atoms with van der Waals surface area (Å²) in [5.74, 6) is 1.59. The van der Waals surface area contributed by atoms with Gasteiger partial charge in [0.15, 0.2) is 0 Å². The third kappa shape index (κ3) is 8.33. The predicted octanol–water partition coefficient (Wildman–Crippen LogP) is 6.49. The Morgan fingerprint density at radius 3 is 2.46 bits per heavy atom. The van der Waals surface area contributed by atoms with E-state index >= 15 is 0 Å². The second kappa shape index (κ2) is 14.0. The summed E-state index contributed by atoms with van der Waals surface area (Å²) < 4.78 is 5.21. The maximum Gasteiger partial charge on any atom is 0.243 e. The Bertz CT molecular complexity index is 981. The largest absolute Gasteiger partial charge is 0.497 e. The molecule has 0 saturated heterocycles. The molecule has 190 valence electrons. The summed E-state index contributed by atoms with van der Waals surface area (Å²) in [6.45, 7) is 2.20. The zero-order valence-corrected chi connectivity index (χ0v) is 22.7. The van der Waals surface area contributed by atoms with Gasteiger partial charge >= 0.3 is 0 Å². The number of thioether (sulfide) groups is 1. The average molecular weight is 538 g/mol. The maximum atomic E-state index is 13.4. The fourth-order valence-electron chi connectivity index (χ4n) is 4.36. The molecule has 3 rings (SSSR count). The number of nitrogens with zero attached hydrogens (tertiary/aromatic N) is 1. The minimum Gasteiger partial charge on any atom is -0.497 e. The molecule has 0 aromatic heterocycles. The standard InChI is InChI=1S/C27H34Cl2N2O3S/c1-3-25(27(33)30-22-7-5-4-6-8-22)31(16-20-11-12-21(28)15-24(20)29)26(32)18-35-17-19-9-13-23(34-2)14-10-19/h9-15,22,25H,3-8,16-18H2,1-2H3,(H,30,33)/t25-/m0/s1. The van der Waals surface area contributed by atoms with Crippen molar-refractivity contribution in [1.29, 1.82) is 0 Å². The molecule has 1 N–H and O–H groups in total. The highest BCUT2D eigenvalue weighted by Gasteiger charge is 2.30. The van der Waals surface area contributed by atoms with Crippen LogP contribution in [0.5, 0.6) is 5.75 Å². The second-order valence-electron chi connectivity index (χ2n) is 8.87. The van der Waals surface area contributed by atoms with E-state index < -0.39 is 6.04 Å². The molecule has 0 unspecified atom stereocenters. The minimum absolute atomic E-state index is 0.0832. The zero-order chi connectivity index (χ0) is 25.2. The first-order chi connectivity index (χ1) is 16.9. The Morgan fingerprint density at radius 2 is 1.83 bits per heavy atom. The molecule has 2 aromatic rings. The Labute approximate surface area is 222 Å². The van der Waals surface area contributed by atoms with Gasteiger partial charge in [-0.3, -0.25) is 9.59 Å². The van der Waals surface area contributed by atoms with Crippen LogP contribution in [0, 0.1) is 0 Å². The van der Waals surface area contributed by atoms with Crippen LogP contribution in [0.1, 0.15) is 56.6 Å². The van der Waals surface area contributed by atoms with Crippen LogP contribution < -0.4 is 10.1 Å². The lowest BCUT2D eigenvalue weighted by atomic mass is 9.95. The number of nitrogens with one attached hydrogen (secondary N) is 1. The van der Waals surface area contributed by atoms with Crippen molar-refractivity contribution >= 4 is 46.8 Å². The minimum atomic E-state index is -0.558. The molecule has 1 saturated carbocycles. The Kier molecular flexibility index (Phi) is 11.1. The number of carbonyl (C=O) groups is 2. The molecule has 0 aliphatic heterocycles. The topological polar surface area (TPSA) is 58.6 Å². The third-order valence-electron chi connectivity index (χ3n) is 6.35. The highest BCUT2D eigenvalue weighted by atomic mass is 35.5. The van der Waals surface area contributed by atoms with Gasteiger partial charge in [0.1, 0.15) is 11.8 Å². The summed E-state index contributed by atoms with van der Waals surface area (Å²) in [4.78, 5) is 28.4. The number of amides is 2. The van der Waals surface area contributed by atoms with Gasteiger partial charge < -0.3 is 15.0 Å². The lowest BCUT2D eigenvalue weighted by molar-refractivity contribution is -0.139. The van der Waals surface area contributed by atoms with E-state index in [1.807, 2.05) is 37.3 Å². The predicted molar refractivity (Wildman–Crippen MR) is 145 cm³/mol. The average Bonchev–Trinajstić information content (AvgIpc) is 2.86. The molecular weight excluding hydrogens is 503 g/mol. The van der Waals surface area contributed by atoms with Crippen LogP contribution in [0.25, 0.3) is 0 Å². The number of hydrogen-bond donors (Lipinski definition) is 1. The smallest absolute Gasteiger partial charge is 0.243 e. The number of methoxy groups -OCH3 is 1. The highest BCUT2D eigenvalue weighted by Crippen LogP contribution is 2.25. The van der Waals surface area contributed by atoms with Crippen LogP contribution in [-0.4, -0.2) is 41.7 Å². The van der Waals surface area contributed by atoms with Gasteiger partial charge in [0, 0.05) is 28.4 Å². The van der Waals surface area contributed by atoms with Crippen molar-refractivity contribution in [3.8, 4) is 5.75 Å². The molecule has 0 bridgehead atoms. The van der Waals surface area contributed by atoms with E-state index in [0.29, 0.717) is 22.2 Å². The Hall–Kier alpha value is -1.89. The molecule has 1 fully saturated rings. The van der Waals surface area contributed by atoms with Gasteiger partial charge in [-0.25, -0.2) is 0 Å². The summed E-state index contributed by atoms with van der Waals surface area (Å²) in [5, 5.41) is 4.23. The summed E-state index contributed by atoms with van der Waals surface area (Å²) in [6.07, 6.45) is 6.00. The van der Waals surface area contributed by atoms with Crippen molar-refractivity contribution in [2.24, 2.45) is 0 Å². The van der Waals surface area contributed by atoms with Gasteiger partial charge in [-0.2, -0.15) is 0 Å². The first kappa shape index (κ1) is 27.7. The molecule has 0 spiro atoms. The van der Waals surface area contributed by atoms with Gasteiger partial charge in [-0.15, -0.1) is 11.8 Å². The first-order valence-electron chi connectivity index (χ1n) is 12.2. The molecule has 0 radical (unpaired) electrons. The molecule has 1 aliphatic carbocycles. The van der Waals surface area contributed by atoms with E-state index in [4.69, 9.17) is 27.9 Å². The van der Waals surface area contributed by atoms with Crippen molar-refractivity contribution in [2.75, 3.05) is 12.9 Å². The van der Waals surface area contributed by atoms with E-state index in [0.717, 1.165) is 42.6 Å². The van der Waals surface area contributed by atoms with Crippen LogP contribution in [0.15, 0.2) is 42.5 Å². The maximum absolute atomic E-state index is 13.4. The number of benzene rings is 2. The van der Waals surface area contributed by atoms with Crippen LogP contribution in [0.4, 0.5) is 0 Å². The Balaban J connectivity index is 1.71. The lowest BCUT2D eigenvalue weighted by Crippen LogP contribution is -2.52. The summed E-state index contributed by atoms with van der Waals surface area (Å²) in [6, 6.07) is 12.7. The molecule has 1 atom stereocenters. The van der Waals surface area contributed by atoms with Gasteiger partial charge in [-0.05, 0) is 54.7 Å². The van der Waals surface area contributed by atoms with E-state index in [-0.39, 0.29) is 30.2 Å². The van der Waals surface area contributed by atoms with Gasteiger partial charge in [0.05, 0.1) is 12.9 Å². The number of halogens is 2. The van der Waals surface area contributed by atoms with E-state index in [2.05, 4.69) is 5.32 Å². The number of ether oxygens (including phenoxy) is 1. The van der Waals surface area contributed by atoms with Crippen molar-refractivity contribution in [1.82, 2.24) is 10.2 Å². The lowest BCUT2D eigenvalue weighted by Gasteiger charge is -2.33. The normalized spacial score (nSPS) is 14.9. The van der Waals surface area contributed by atoms with Crippen LogP contribution in [-0.2, 0) is 21.9 Å². The second-order valence-corrected chi connectivity index (χ2v) is 10.7. The third-order valence-corrected chi connectivity index (χ3v) is 7.92. The number of rotatable bonds is 11. The van der Waals surface area contributed by atoms with Crippen molar-refractivity contribution in [3.05, 3.63) is 63.6 Å². The van der Waals surface area contributed by atoms with E-state index in [9.17, 15) is 9.59 Å². The quantitative estimate of drug-likeness (QED) is 0.356. The molecule has 1 aliphatic rings. The fourth-order valence-corrected chi connectivity index (χ4v) is 5.70. The molecule has 35 heavy (non-hydrogen) atoms. The van der Waals surface area contributed by atoms with Crippen LogP contribution in [0.3, 0.4) is 0 Å². The number of carbonyl (C=O) groups excluding carboxylic acids is 2. The van der Waals surface area contributed by atoms with Gasteiger partial charge in [-0.1, -0.05) is 67.6 Å². The van der Waals surface area contributed by atoms with Crippen LogP contribution in [0.2, 0.25) is 10.0 Å². The fraction of sp³-hybridized carbons (Fsp3) is 0.481. The van der Waals surface area contributed by atoms with Gasteiger partial charge in [0.2, 0.25) is 11.8 Å². The summed E-state index contributed by atoms with van der Waals surface area (Å²) in [7, 11) is 1.64. The molecule has 8 heteroatoms. The molecular formula is C27H34Cl2N2O3S. The highest BCUT2D eigenvalue weighted by molar-refractivity contribution is 7.99. The zero-order valence-electron chi connectivity index (χ0n) is 20.4. The van der Waals surface area contributed by atoms with Crippen molar-refractivity contribution in [2.45, 2.75) is 69.8 Å². The SMILES string of the molecule is CC[C@@H](C(=O)NC1CCCCC1)N(Cc1ccc(Cl)cc1Cl)C(=O)CSCc1ccc(OC)cc1.